The van der Waals surface area contributed by atoms with Crippen LogP contribution in [-0.4, -0.2) is 39.7 Å². The molecular formula is C14H16ClN5O2. The van der Waals surface area contributed by atoms with Gasteiger partial charge in [0, 0.05) is 36.7 Å². The number of rotatable bonds is 7. The highest BCUT2D eigenvalue weighted by Gasteiger charge is 2.09. The van der Waals surface area contributed by atoms with Gasteiger partial charge in [-0.15, -0.1) is 0 Å². The van der Waals surface area contributed by atoms with Gasteiger partial charge in [-0.3, -0.25) is 19.3 Å². The van der Waals surface area contributed by atoms with Crippen LogP contribution in [0.25, 0.3) is 0 Å². The van der Waals surface area contributed by atoms with E-state index in [0.717, 1.165) is 13.0 Å². The van der Waals surface area contributed by atoms with Crippen molar-refractivity contribution in [1.82, 2.24) is 25.4 Å². The molecular weight excluding hydrogens is 306 g/mol. The predicted molar refractivity (Wildman–Crippen MR) is 81.4 cm³/mol. The van der Waals surface area contributed by atoms with Crippen LogP contribution >= 0.6 is 11.6 Å². The van der Waals surface area contributed by atoms with E-state index in [2.05, 4.69) is 20.7 Å². The Balaban J connectivity index is 1.64. The Labute approximate surface area is 132 Å². The number of amides is 2. The van der Waals surface area contributed by atoms with Crippen molar-refractivity contribution in [1.29, 1.82) is 0 Å². The zero-order valence-corrected chi connectivity index (χ0v) is 12.6. The van der Waals surface area contributed by atoms with E-state index >= 15 is 0 Å². The summed E-state index contributed by atoms with van der Waals surface area (Å²) in [7, 11) is 0. The maximum atomic E-state index is 11.8. The molecule has 0 bridgehead atoms. The minimum absolute atomic E-state index is 0.102. The van der Waals surface area contributed by atoms with Crippen molar-refractivity contribution in [2.45, 2.75) is 13.0 Å². The SMILES string of the molecule is O=C(CNC(=O)c1cc(Cl)ccn1)NCCCn1cccn1. The molecule has 0 aliphatic heterocycles. The van der Waals surface area contributed by atoms with Crippen LogP contribution in [-0.2, 0) is 11.3 Å². The molecule has 0 aliphatic rings. The van der Waals surface area contributed by atoms with Crippen LogP contribution in [0.2, 0.25) is 5.02 Å². The van der Waals surface area contributed by atoms with Gasteiger partial charge in [0.15, 0.2) is 0 Å². The third-order valence-corrected chi connectivity index (χ3v) is 3.04. The van der Waals surface area contributed by atoms with Crippen LogP contribution in [0.15, 0.2) is 36.8 Å². The van der Waals surface area contributed by atoms with E-state index in [0.29, 0.717) is 11.6 Å². The molecule has 0 radical (unpaired) electrons. The highest BCUT2D eigenvalue weighted by Crippen LogP contribution is 2.07. The molecule has 2 amide bonds. The van der Waals surface area contributed by atoms with Crippen molar-refractivity contribution < 1.29 is 9.59 Å². The molecule has 8 heteroatoms. The molecule has 2 N–H and O–H groups in total. The molecule has 2 heterocycles. The number of carbonyl (C=O) groups excluding carboxylic acids is 2. The lowest BCUT2D eigenvalue weighted by Crippen LogP contribution is -2.37. The number of nitrogens with one attached hydrogen (secondary N) is 2. The zero-order valence-electron chi connectivity index (χ0n) is 11.8. The summed E-state index contributed by atoms with van der Waals surface area (Å²) in [6, 6.07) is 4.86. The number of pyridine rings is 1. The number of nitrogens with zero attached hydrogens (tertiary/aromatic N) is 3. The summed E-state index contributed by atoms with van der Waals surface area (Å²) in [4.78, 5) is 27.3. The van der Waals surface area contributed by atoms with E-state index in [1.54, 1.807) is 16.9 Å². The first-order valence-corrected chi connectivity index (χ1v) is 7.17. The lowest BCUT2D eigenvalue weighted by Gasteiger charge is -2.07. The van der Waals surface area contributed by atoms with Crippen molar-refractivity contribution in [2.75, 3.05) is 13.1 Å². The van der Waals surface area contributed by atoms with E-state index in [-0.39, 0.29) is 18.1 Å². The van der Waals surface area contributed by atoms with Gasteiger partial charge in [-0.05, 0) is 24.6 Å². The summed E-state index contributed by atoms with van der Waals surface area (Å²) in [5.41, 5.74) is 0.180. The van der Waals surface area contributed by atoms with Crippen LogP contribution in [0.1, 0.15) is 16.9 Å². The summed E-state index contributed by atoms with van der Waals surface area (Å²) >= 11 is 5.77. The van der Waals surface area contributed by atoms with E-state index in [4.69, 9.17) is 11.6 Å². The summed E-state index contributed by atoms with van der Waals surface area (Å²) in [5, 5.41) is 9.69. The van der Waals surface area contributed by atoms with Crippen molar-refractivity contribution in [2.24, 2.45) is 0 Å². The molecule has 0 saturated heterocycles. The maximum Gasteiger partial charge on any atom is 0.270 e. The number of hydrogen-bond donors (Lipinski definition) is 2. The fraction of sp³-hybridized carbons (Fsp3) is 0.286. The van der Waals surface area contributed by atoms with Gasteiger partial charge in [0.05, 0.1) is 6.54 Å². The van der Waals surface area contributed by atoms with Gasteiger partial charge in [0.25, 0.3) is 5.91 Å². The van der Waals surface area contributed by atoms with E-state index in [9.17, 15) is 9.59 Å². The topological polar surface area (TPSA) is 88.9 Å². The van der Waals surface area contributed by atoms with Crippen molar-refractivity contribution in [3.63, 3.8) is 0 Å². The average molecular weight is 322 g/mol. The minimum Gasteiger partial charge on any atom is -0.355 e. The number of aryl methyl sites for hydroxylation is 1. The predicted octanol–water partition coefficient (Wildman–Crippen LogP) is 0.868. The molecule has 116 valence electrons. The van der Waals surface area contributed by atoms with E-state index < -0.39 is 5.91 Å². The molecule has 0 fully saturated rings. The van der Waals surface area contributed by atoms with Gasteiger partial charge >= 0.3 is 0 Å². The Morgan fingerprint density at radius 3 is 2.86 bits per heavy atom. The molecule has 7 nitrogen and oxygen atoms in total. The standard InChI is InChI=1S/C14H16ClN5O2/c15-11-3-6-16-12(9-11)14(22)18-10-13(21)17-4-1-7-20-8-2-5-19-20/h2-3,5-6,8-9H,1,4,7,10H2,(H,17,21)(H,18,22). The fourth-order valence-electron chi connectivity index (χ4n) is 1.74. The molecule has 22 heavy (non-hydrogen) atoms. The fourth-order valence-corrected chi connectivity index (χ4v) is 1.90. The number of carbonyl (C=O) groups is 2. The first-order chi connectivity index (χ1) is 10.6. The van der Waals surface area contributed by atoms with Gasteiger partial charge in [-0.25, -0.2) is 0 Å². The molecule has 0 atom stereocenters. The smallest absolute Gasteiger partial charge is 0.270 e. The van der Waals surface area contributed by atoms with Crippen LogP contribution in [0, 0.1) is 0 Å². The van der Waals surface area contributed by atoms with Gasteiger partial charge in [-0.1, -0.05) is 11.6 Å². The van der Waals surface area contributed by atoms with Crippen LogP contribution in [0.5, 0.6) is 0 Å². The van der Waals surface area contributed by atoms with Crippen molar-refractivity contribution in [3.8, 4) is 0 Å². The lowest BCUT2D eigenvalue weighted by molar-refractivity contribution is -0.120. The number of aromatic nitrogens is 3. The quantitative estimate of drug-likeness (QED) is 0.740. The van der Waals surface area contributed by atoms with Crippen LogP contribution in [0.3, 0.4) is 0 Å². The minimum atomic E-state index is -0.436. The van der Waals surface area contributed by atoms with Crippen molar-refractivity contribution >= 4 is 23.4 Å². The molecule has 2 aromatic rings. The number of halogens is 1. The third-order valence-electron chi connectivity index (χ3n) is 2.81. The largest absolute Gasteiger partial charge is 0.355 e. The summed E-state index contributed by atoms with van der Waals surface area (Å²) < 4.78 is 1.79. The third kappa shape index (κ3) is 5.17. The Hall–Kier alpha value is -2.41. The second-order valence-corrected chi connectivity index (χ2v) is 4.95. The second-order valence-electron chi connectivity index (χ2n) is 4.51. The zero-order chi connectivity index (χ0) is 15.8. The Morgan fingerprint density at radius 2 is 2.14 bits per heavy atom. The van der Waals surface area contributed by atoms with Crippen LogP contribution < -0.4 is 10.6 Å². The average Bonchev–Trinajstić information content (AvgIpc) is 3.02. The van der Waals surface area contributed by atoms with Crippen molar-refractivity contribution in [3.05, 3.63) is 47.5 Å². The Bertz CT molecular complexity index is 630. The molecule has 0 unspecified atom stereocenters. The monoisotopic (exact) mass is 321 g/mol. The molecule has 0 aliphatic carbocycles. The number of hydrogen-bond acceptors (Lipinski definition) is 4. The molecule has 2 aromatic heterocycles. The van der Waals surface area contributed by atoms with Gasteiger partial charge < -0.3 is 10.6 Å². The summed E-state index contributed by atoms with van der Waals surface area (Å²) in [5.74, 6) is -0.690. The van der Waals surface area contributed by atoms with E-state index in [1.165, 1.54) is 12.3 Å². The maximum absolute atomic E-state index is 11.8. The molecule has 2 rings (SSSR count). The summed E-state index contributed by atoms with van der Waals surface area (Å²) in [6.07, 6.45) is 5.77. The first-order valence-electron chi connectivity index (χ1n) is 6.79. The normalized spacial score (nSPS) is 10.2. The van der Waals surface area contributed by atoms with E-state index in [1.807, 2.05) is 12.3 Å². The van der Waals surface area contributed by atoms with Gasteiger partial charge in [0.1, 0.15) is 5.69 Å². The lowest BCUT2D eigenvalue weighted by atomic mass is 10.3. The summed E-state index contributed by atoms with van der Waals surface area (Å²) in [6.45, 7) is 1.14. The Kier molecular flexibility index (Phi) is 5.91. The highest BCUT2D eigenvalue weighted by molar-refractivity contribution is 6.30. The van der Waals surface area contributed by atoms with Gasteiger partial charge in [0.2, 0.25) is 5.91 Å². The van der Waals surface area contributed by atoms with Gasteiger partial charge in [-0.2, -0.15) is 5.10 Å². The first kappa shape index (κ1) is 16.0. The second kappa shape index (κ2) is 8.14. The van der Waals surface area contributed by atoms with Crippen LogP contribution in [0.4, 0.5) is 0 Å². The molecule has 0 aromatic carbocycles. The molecule has 0 saturated carbocycles. The Morgan fingerprint density at radius 1 is 1.27 bits per heavy atom. The highest BCUT2D eigenvalue weighted by atomic mass is 35.5. The molecule has 0 spiro atoms.